The number of amides is 1. The number of methoxy groups -OCH3 is 1. The molecular formula is C25H24N4O2S. The number of nitrogens with one attached hydrogen (secondary N) is 1. The third kappa shape index (κ3) is 5.00. The van der Waals surface area contributed by atoms with Crippen molar-refractivity contribution in [3.8, 4) is 17.1 Å². The fourth-order valence-electron chi connectivity index (χ4n) is 3.26. The van der Waals surface area contributed by atoms with E-state index < -0.39 is 0 Å². The first-order valence-electron chi connectivity index (χ1n) is 10.3. The largest absolute Gasteiger partial charge is 0.497 e. The molecule has 0 radical (unpaired) electrons. The third-order valence-corrected chi connectivity index (χ3v) is 6.03. The van der Waals surface area contributed by atoms with Crippen molar-refractivity contribution in [2.24, 2.45) is 0 Å². The summed E-state index contributed by atoms with van der Waals surface area (Å²) < 4.78 is 7.34. The maximum Gasteiger partial charge on any atom is 0.255 e. The Hall–Kier alpha value is -3.58. The average Bonchev–Trinajstić information content (AvgIpc) is 3.26. The zero-order chi connectivity index (χ0) is 22.3. The molecule has 0 fully saturated rings. The maximum atomic E-state index is 12.4. The monoisotopic (exact) mass is 444 g/mol. The van der Waals surface area contributed by atoms with Gasteiger partial charge >= 0.3 is 0 Å². The summed E-state index contributed by atoms with van der Waals surface area (Å²) in [6.07, 6.45) is 0. The first kappa shape index (κ1) is 21.6. The minimum atomic E-state index is -0.120. The molecule has 162 valence electrons. The van der Waals surface area contributed by atoms with Crippen LogP contribution in [0.25, 0.3) is 11.4 Å². The van der Waals surface area contributed by atoms with Crippen LogP contribution in [-0.2, 0) is 12.3 Å². The number of hydrogen-bond acceptors (Lipinski definition) is 5. The summed E-state index contributed by atoms with van der Waals surface area (Å²) in [5.41, 5.74) is 3.52. The van der Waals surface area contributed by atoms with Crippen molar-refractivity contribution in [1.82, 2.24) is 14.8 Å². The lowest BCUT2D eigenvalue weighted by Crippen LogP contribution is -2.11. The van der Waals surface area contributed by atoms with Crippen molar-refractivity contribution in [3.05, 3.63) is 90.0 Å². The standard InChI is InChI=1S/C25H24N4O2S/c1-3-29-23(19-13-15-22(31-2)16-14-19)27-28-25(29)32-17-18-9-11-20(12-10-18)24(30)26-21-7-5-4-6-8-21/h4-16H,3,17H2,1-2H3,(H,26,30). The number of nitrogens with zero attached hydrogens (tertiary/aromatic N) is 3. The van der Waals surface area contributed by atoms with Gasteiger partial charge in [0.25, 0.3) is 5.91 Å². The number of carbonyl (C=O) groups excluding carboxylic acids is 1. The molecule has 3 aromatic carbocycles. The second-order valence-electron chi connectivity index (χ2n) is 7.08. The van der Waals surface area contributed by atoms with E-state index in [0.29, 0.717) is 5.56 Å². The highest BCUT2D eigenvalue weighted by Crippen LogP contribution is 2.27. The van der Waals surface area contributed by atoms with Crippen LogP contribution in [0.1, 0.15) is 22.8 Å². The lowest BCUT2D eigenvalue weighted by atomic mass is 10.1. The Morgan fingerprint density at radius 2 is 1.69 bits per heavy atom. The van der Waals surface area contributed by atoms with Gasteiger partial charge in [0.2, 0.25) is 0 Å². The van der Waals surface area contributed by atoms with Gasteiger partial charge in [-0.05, 0) is 61.0 Å². The van der Waals surface area contributed by atoms with Crippen LogP contribution in [0.15, 0.2) is 84.0 Å². The summed E-state index contributed by atoms with van der Waals surface area (Å²) in [5.74, 6) is 2.27. The van der Waals surface area contributed by atoms with E-state index >= 15 is 0 Å². The molecule has 0 unspecified atom stereocenters. The molecule has 1 N–H and O–H groups in total. The Labute approximate surface area is 191 Å². The van der Waals surface area contributed by atoms with Gasteiger partial charge in [0.15, 0.2) is 11.0 Å². The topological polar surface area (TPSA) is 69.0 Å². The molecule has 7 heteroatoms. The predicted molar refractivity (Wildman–Crippen MR) is 128 cm³/mol. The molecule has 0 saturated heterocycles. The number of rotatable bonds is 8. The van der Waals surface area contributed by atoms with E-state index in [2.05, 4.69) is 27.0 Å². The molecule has 4 rings (SSSR count). The van der Waals surface area contributed by atoms with Gasteiger partial charge in [-0.2, -0.15) is 0 Å². The SMILES string of the molecule is CCn1c(SCc2ccc(C(=O)Nc3ccccc3)cc2)nnc1-c1ccc(OC)cc1. The molecule has 0 saturated carbocycles. The van der Waals surface area contributed by atoms with Crippen molar-refractivity contribution < 1.29 is 9.53 Å². The van der Waals surface area contributed by atoms with Crippen LogP contribution in [0.3, 0.4) is 0 Å². The van der Waals surface area contributed by atoms with Crippen LogP contribution in [0.5, 0.6) is 5.75 Å². The first-order chi connectivity index (χ1) is 15.7. The Bertz CT molecular complexity index is 1170. The van der Waals surface area contributed by atoms with Gasteiger partial charge < -0.3 is 14.6 Å². The van der Waals surface area contributed by atoms with Gasteiger partial charge in [0.05, 0.1) is 7.11 Å². The van der Waals surface area contributed by atoms with Gasteiger partial charge in [-0.25, -0.2) is 0 Å². The minimum Gasteiger partial charge on any atom is -0.497 e. The number of hydrogen-bond donors (Lipinski definition) is 1. The van der Waals surface area contributed by atoms with E-state index in [1.165, 1.54) is 0 Å². The van der Waals surface area contributed by atoms with Gasteiger partial charge in [-0.15, -0.1) is 10.2 Å². The number of aromatic nitrogens is 3. The molecule has 1 aromatic heterocycles. The van der Waals surface area contributed by atoms with E-state index in [-0.39, 0.29) is 5.91 Å². The van der Waals surface area contributed by atoms with Crippen LogP contribution >= 0.6 is 11.8 Å². The van der Waals surface area contributed by atoms with Crippen LogP contribution in [0.2, 0.25) is 0 Å². The van der Waals surface area contributed by atoms with Gasteiger partial charge in [-0.3, -0.25) is 4.79 Å². The highest BCUT2D eigenvalue weighted by atomic mass is 32.2. The highest BCUT2D eigenvalue weighted by molar-refractivity contribution is 7.98. The quantitative estimate of drug-likeness (QED) is 0.363. The molecule has 1 amide bonds. The zero-order valence-electron chi connectivity index (χ0n) is 18.0. The second kappa shape index (κ2) is 10.2. The third-order valence-electron chi connectivity index (χ3n) is 5.00. The number of ether oxygens (including phenoxy) is 1. The zero-order valence-corrected chi connectivity index (χ0v) is 18.8. The molecule has 4 aromatic rings. The maximum absolute atomic E-state index is 12.4. The van der Waals surface area contributed by atoms with Gasteiger partial charge in [-0.1, -0.05) is 42.1 Å². The number of thioether (sulfide) groups is 1. The molecule has 0 aliphatic carbocycles. The fourth-order valence-corrected chi connectivity index (χ4v) is 4.22. The van der Waals surface area contributed by atoms with Crippen molar-refractivity contribution in [2.45, 2.75) is 24.4 Å². The first-order valence-corrected chi connectivity index (χ1v) is 11.3. The molecule has 1 heterocycles. The number of para-hydroxylation sites is 1. The summed E-state index contributed by atoms with van der Waals surface area (Å²) in [5, 5.41) is 12.6. The van der Waals surface area contributed by atoms with Crippen molar-refractivity contribution in [1.29, 1.82) is 0 Å². The van der Waals surface area contributed by atoms with Gasteiger partial charge in [0.1, 0.15) is 5.75 Å². The lowest BCUT2D eigenvalue weighted by molar-refractivity contribution is 0.102. The summed E-state index contributed by atoms with van der Waals surface area (Å²) in [7, 11) is 1.65. The summed E-state index contributed by atoms with van der Waals surface area (Å²) in [4.78, 5) is 12.4. The molecule has 0 atom stereocenters. The van der Waals surface area contributed by atoms with Crippen LogP contribution in [-0.4, -0.2) is 27.8 Å². The van der Waals surface area contributed by atoms with Crippen LogP contribution in [0.4, 0.5) is 5.69 Å². The number of anilines is 1. The Morgan fingerprint density at radius 1 is 0.969 bits per heavy atom. The van der Waals surface area contributed by atoms with E-state index in [1.807, 2.05) is 78.9 Å². The second-order valence-corrected chi connectivity index (χ2v) is 8.03. The predicted octanol–water partition coefficient (Wildman–Crippen LogP) is 5.52. The Morgan fingerprint density at radius 3 is 2.34 bits per heavy atom. The van der Waals surface area contributed by atoms with Crippen molar-refractivity contribution in [2.75, 3.05) is 12.4 Å². The molecule has 6 nitrogen and oxygen atoms in total. The average molecular weight is 445 g/mol. The Balaban J connectivity index is 1.41. The van der Waals surface area contributed by atoms with E-state index in [1.54, 1.807) is 18.9 Å². The fraction of sp³-hybridized carbons (Fsp3) is 0.160. The van der Waals surface area contributed by atoms with Gasteiger partial charge in [0, 0.05) is 29.1 Å². The number of carbonyl (C=O) groups is 1. The molecular weight excluding hydrogens is 420 g/mol. The molecule has 0 aliphatic heterocycles. The summed E-state index contributed by atoms with van der Waals surface area (Å²) >= 11 is 1.63. The Kier molecular flexibility index (Phi) is 6.87. The van der Waals surface area contributed by atoms with Crippen LogP contribution in [0, 0.1) is 0 Å². The molecule has 0 bridgehead atoms. The summed E-state index contributed by atoms with van der Waals surface area (Å²) in [6, 6.07) is 24.9. The molecule has 0 spiro atoms. The van der Waals surface area contributed by atoms with E-state index in [4.69, 9.17) is 4.74 Å². The molecule has 32 heavy (non-hydrogen) atoms. The summed E-state index contributed by atoms with van der Waals surface area (Å²) in [6.45, 7) is 2.86. The van der Waals surface area contributed by atoms with Crippen molar-refractivity contribution >= 4 is 23.4 Å². The van der Waals surface area contributed by atoms with Crippen LogP contribution < -0.4 is 10.1 Å². The smallest absolute Gasteiger partial charge is 0.255 e. The van der Waals surface area contributed by atoms with E-state index in [0.717, 1.165) is 45.8 Å². The lowest BCUT2D eigenvalue weighted by Gasteiger charge is -2.08. The highest BCUT2D eigenvalue weighted by Gasteiger charge is 2.14. The molecule has 0 aliphatic rings. The normalized spacial score (nSPS) is 10.7. The minimum absolute atomic E-state index is 0.120. The van der Waals surface area contributed by atoms with E-state index in [9.17, 15) is 4.79 Å². The number of benzene rings is 3. The van der Waals surface area contributed by atoms with Crippen molar-refractivity contribution in [3.63, 3.8) is 0 Å².